The maximum atomic E-state index is 11.8. The molecule has 110 valence electrons. The third-order valence-corrected chi connectivity index (χ3v) is 3.67. The first kappa shape index (κ1) is 15.6. The zero-order chi connectivity index (χ0) is 15.1. The summed E-state index contributed by atoms with van der Waals surface area (Å²) in [7, 11) is 1.39. The molecule has 0 heterocycles. The van der Waals surface area contributed by atoms with Gasteiger partial charge in [0.05, 0.1) is 13.2 Å². The Morgan fingerprint density at radius 3 is 1.90 bits per heavy atom. The van der Waals surface area contributed by atoms with E-state index in [2.05, 4.69) is 17.9 Å². The van der Waals surface area contributed by atoms with Gasteiger partial charge >= 0.3 is 5.97 Å². The first-order chi connectivity index (χ1) is 10.3. The van der Waals surface area contributed by atoms with Crippen molar-refractivity contribution in [1.82, 2.24) is 5.32 Å². The number of thiol groups is 1. The molecule has 0 fully saturated rings. The van der Waals surface area contributed by atoms with E-state index < -0.39 is 6.04 Å². The van der Waals surface area contributed by atoms with Crippen molar-refractivity contribution in [2.45, 2.75) is 12.1 Å². The molecule has 0 saturated carbocycles. The minimum Gasteiger partial charge on any atom is -0.468 e. The number of rotatable bonds is 6. The third-order valence-electron chi connectivity index (χ3n) is 3.30. The average Bonchev–Trinajstić information content (AvgIpc) is 2.57. The molecule has 2 aromatic carbocycles. The average molecular weight is 301 g/mol. The molecule has 1 N–H and O–H groups in total. The lowest BCUT2D eigenvalue weighted by molar-refractivity contribution is -0.142. The van der Waals surface area contributed by atoms with Crippen molar-refractivity contribution in [1.29, 1.82) is 0 Å². The molecule has 2 aromatic rings. The van der Waals surface area contributed by atoms with Gasteiger partial charge in [-0.1, -0.05) is 60.7 Å². The Morgan fingerprint density at radius 2 is 1.52 bits per heavy atom. The lowest BCUT2D eigenvalue weighted by atomic mass is 9.98. The van der Waals surface area contributed by atoms with Gasteiger partial charge in [0.25, 0.3) is 0 Å². The standard InChI is InChI=1S/C17H19NO2S/c1-20-17(19)15(12-21)18-16(13-8-4-2-5-9-13)14-10-6-3-7-11-14/h2-11,15-16,18,21H,12H2,1H3. The highest BCUT2D eigenvalue weighted by Crippen LogP contribution is 2.22. The maximum Gasteiger partial charge on any atom is 0.323 e. The first-order valence-electron chi connectivity index (χ1n) is 6.81. The monoisotopic (exact) mass is 301 g/mol. The number of carbonyl (C=O) groups excluding carboxylic acids is 1. The molecule has 2 rings (SSSR count). The molecule has 0 aliphatic rings. The molecule has 0 spiro atoms. The molecular formula is C17H19NO2S. The van der Waals surface area contributed by atoms with E-state index in [1.165, 1.54) is 7.11 Å². The summed E-state index contributed by atoms with van der Waals surface area (Å²) >= 11 is 4.25. The molecule has 21 heavy (non-hydrogen) atoms. The molecule has 0 amide bonds. The van der Waals surface area contributed by atoms with E-state index in [-0.39, 0.29) is 12.0 Å². The normalized spacial score (nSPS) is 12.1. The Hall–Kier alpha value is -1.78. The van der Waals surface area contributed by atoms with Crippen LogP contribution in [-0.4, -0.2) is 24.9 Å². The van der Waals surface area contributed by atoms with Gasteiger partial charge in [0.2, 0.25) is 0 Å². The highest BCUT2D eigenvalue weighted by molar-refractivity contribution is 7.80. The molecule has 3 nitrogen and oxygen atoms in total. The summed E-state index contributed by atoms with van der Waals surface area (Å²) in [4.78, 5) is 11.8. The molecule has 0 bridgehead atoms. The van der Waals surface area contributed by atoms with Gasteiger partial charge in [0, 0.05) is 5.75 Å². The van der Waals surface area contributed by atoms with E-state index in [1.807, 2.05) is 60.7 Å². The number of hydrogen-bond acceptors (Lipinski definition) is 4. The number of benzene rings is 2. The van der Waals surface area contributed by atoms with Crippen LogP contribution in [0.5, 0.6) is 0 Å². The number of ether oxygens (including phenoxy) is 1. The predicted molar refractivity (Wildman–Crippen MR) is 87.5 cm³/mol. The molecule has 0 aromatic heterocycles. The van der Waals surface area contributed by atoms with Crippen LogP contribution in [-0.2, 0) is 9.53 Å². The minimum atomic E-state index is -0.455. The lowest BCUT2D eigenvalue weighted by Gasteiger charge is -2.24. The molecule has 0 saturated heterocycles. The van der Waals surface area contributed by atoms with E-state index in [9.17, 15) is 4.79 Å². The van der Waals surface area contributed by atoms with Gasteiger partial charge in [-0.15, -0.1) is 0 Å². The van der Waals surface area contributed by atoms with Gasteiger partial charge in [-0.2, -0.15) is 12.6 Å². The van der Waals surface area contributed by atoms with E-state index in [4.69, 9.17) is 4.74 Å². The van der Waals surface area contributed by atoms with Gasteiger partial charge < -0.3 is 4.74 Å². The Labute approximate surface area is 130 Å². The molecule has 0 aliphatic heterocycles. The molecule has 0 aliphatic carbocycles. The summed E-state index contributed by atoms with van der Waals surface area (Å²) in [6, 6.07) is 19.5. The fourth-order valence-electron chi connectivity index (χ4n) is 2.21. The van der Waals surface area contributed by atoms with Crippen LogP contribution in [0.2, 0.25) is 0 Å². The second kappa shape index (κ2) is 7.86. The Balaban J connectivity index is 2.31. The number of methoxy groups -OCH3 is 1. The van der Waals surface area contributed by atoms with E-state index >= 15 is 0 Å². The number of esters is 1. The quantitative estimate of drug-likeness (QED) is 0.636. The van der Waals surface area contributed by atoms with Crippen LogP contribution in [0.4, 0.5) is 0 Å². The molecule has 4 heteroatoms. The fourth-order valence-corrected chi connectivity index (χ4v) is 2.47. The highest BCUT2D eigenvalue weighted by atomic mass is 32.1. The summed E-state index contributed by atoms with van der Waals surface area (Å²) in [5.41, 5.74) is 2.19. The van der Waals surface area contributed by atoms with Crippen LogP contribution in [0, 0.1) is 0 Å². The lowest BCUT2D eigenvalue weighted by Crippen LogP contribution is -2.41. The van der Waals surface area contributed by atoms with E-state index in [0.29, 0.717) is 5.75 Å². The van der Waals surface area contributed by atoms with Crippen molar-refractivity contribution in [3.05, 3.63) is 71.8 Å². The Morgan fingerprint density at radius 1 is 1.05 bits per heavy atom. The Kier molecular flexibility index (Phi) is 5.84. The van der Waals surface area contributed by atoms with Crippen LogP contribution >= 0.6 is 12.6 Å². The summed E-state index contributed by atoms with van der Waals surface area (Å²) in [5.74, 6) is 0.0740. The second-order valence-corrected chi connectivity index (χ2v) is 5.04. The predicted octanol–water partition coefficient (Wildman–Crippen LogP) is 2.84. The zero-order valence-corrected chi connectivity index (χ0v) is 12.8. The first-order valence-corrected chi connectivity index (χ1v) is 7.44. The Bertz CT molecular complexity index is 520. The van der Waals surface area contributed by atoms with E-state index in [1.54, 1.807) is 0 Å². The van der Waals surface area contributed by atoms with Crippen molar-refractivity contribution in [3.63, 3.8) is 0 Å². The molecular weight excluding hydrogens is 282 g/mol. The van der Waals surface area contributed by atoms with Crippen LogP contribution in [0.25, 0.3) is 0 Å². The van der Waals surface area contributed by atoms with E-state index in [0.717, 1.165) is 11.1 Å². The van der Waals surface area contributed by atoms with Crippen molar-refractivity contribution < 1.29 is 9.53 Å². The van der Waals surface area contributed by atoms with Gasteiger partial charge in [0.15, 0.2) is 0 Å². The summed E-state index contributed by atoms with van der Waals surface area (Å²) < 4.78 is 4.83. The third kappa shape index (κ3) is 4.09. The van der Waals surface area contributed by atoms with Crippen LogP contribution in [0.15, 0.2) is 60.7 Å². The van der Waals surface area contributed by atoms with Crippen molar-refractivity contribution in [2.75, 3.05) is 12.9 Å². The van der Waals surface area contributed by atoms with Gasteiger partial charge in [-0.3, -0.25) is 10.1 Å². The molecule has 1 atom stereocenters. The number of carbonyl (C=O) groups is 1. The van der Waals surface area contributed by atoms with Crippen LogP contribution < -0.4 is 5.32 Å². The van der Waals surface area contributed by atoms with Crippen LogP contribution in [0.3, 0.4) is 0 Å². The SMILES string of the molecule is COC(=O)C(CS)NC(c1ccccc1)c1ccccc1. The zero-order valence-electron chi connectivity index (χ0n) is 11.9. The molecule has 0 radical (unpaired) electrons. The summed E-state index contributed by atoms with van der Waals surface area (Å²) in [5, 5.41) is 3.34. The largest absolute Gasteiger partial charge is 0.468 e. The number of nitrogens with one attached hydrogen (secondary N) is 1. The van der Waals surface area contributed by atoms with Gasteiger partial charge in [-0.25, -0.2) is 0 Å². The highest BCUT2D eigenvalue weighted by Gasteiger charge is 2.23. The minimum absolute atomic E-state index is 0.0800. The molecule has 1 unspecified atom stereocenters. The van der Waals surface area contributed by atoms with Crippen molar-refractivity contribution in [3.8, 4) is 0 Å². The second-order valence-electron chi connectivity index (χ2n) is 4.68. The van der Waals surface area contributed by atoms with Crippen molar-refractivity contribution in [2.24, 2.45) is 0 Å². The van der Waals surface area contributed by atoms with Gasteiger partial charge in [-0.05, 0) is 11.1 Å². The smallest absolute Gasteiger partial charge is 0.323 e. The van der Waals surface area contributed by atoms with Crippen LogP contribution in [0.1, 0.15) is 17.2 Å². The summed E-state index contributed by atoms with van der Waals surface area (Å²) in [6.07, 6.45) is 0. The van der Waals surface area contributed by atoms with Gasteiger partial charge in [0.1, 0.15) is 6.04 Å². The fraction of sp³-hybridized carbons (Fsp3) is 0.235. The topological polar surface area (TPSA) is 38.3 Å². The maximum absolute atomic E-state index is 11.8. The summed E-state index contributed by atoms with van der Waals surface area (Å²) in [6.45, 7) is 0. The van der Waals surface area contributed by atoms with Crippen molar-refractivity contribution >= 4 is 18.6 Å². The number of hydrogen-bond donors (Lipinski definition) is 2.